The smallest absolute Gasteiger partial charge is 0.324 e. The SMILES string of the molecule is CCCS(=O)(=O)N1CC(Oc2ccccc2F)CC1C(=O)OC. The van der Waals surface area contributed by atoms with Crippen LogP contribution in [0.3, 0.4) is 0 Å². The van der Waals surface area contributed by atoms with Crippen LogP contribution in [-0.2, 0) is 19.6 Å². The number of rotatable bonds is 6. The summed E-state index contributed by atoms with van der Waals surface area (Å²) in [5.74, 6) is -1.19. The fourth-order valence-corrected chi connectivity index (χ4v) is 4.31. The minimum Gasteiger partial charge on any atom is -0.486 e. The van der Waals surface area contributed by atoms with Crippen molar-refractivity contribution >= 4 is 16.0 Å². The predicted octanol–water partition coefficient (Wildman–Crippen LogP) is 1.56. The average molecular weight is 345 g/mol. The zero-order valence-corrected chi connectivity index (χ0v) is 13.9. The Bertz CT molecular complexity index is 664. The molecule has 0 aromatic heterocycles. The van der Waals surface area contributed by atoms with E-state index in [4.69, 9.17) is 4.74 Å². The lowest BCUT2D eigenvalue weighted by Gasteiger charge is -2.21. The van der Waals surface area contributed by atoms with Gasteiger partial charge in [-0.05, 0) is 18.6 Å². The fourth-order valence-electron chi connectivity index (χ4n) is 2.61. The number of nitrogens with zero attached hydrogens (tertiary/aromatic N) is 1. The molecule has 1 aromatic carbocycles. The van der Waals surface area contributed by atoms with Crippen molar-refractivity contribution in [1.29, 1.82) is 0 Å². The van der Waals surface area contributed by atoms with Gasteiger partial charge >= 0.3 is 5.97 Å². The number of sulfonamides is 1. The minimum atomic E-state index is -3.59. The predicted molar refractivity (Wildman–Crippen MR) is 82.0 cm³/mol. The lowest BCUT2D eigenvalue weighted by molar-refractivity contribution is -0.144. The largest absolute Gasteiger partial charge is 0.486 e. The summed E-state index contributed by atoms with van der Waals surface area (Å²) in [4.78, 5) is 11.9. The van der Waals surface area contributed by atoms with Gasteiger partial charge in [-0.1, -0.05) is 19.1 Å². The molecule has 0 aliphatic carbocycles. The quantitative estimate of drug-likeness (QED) is 0.732. The Labute approximate surface area is 135 Å². The van der Waals surface area contributed by atoms with Crippen LogP contribution in [0.15, 0.2) is 24.3 Å². The van der Waals surface area contributed by atoms with Crippen molar-refractivity contribution in [3.05, 3.63) is 30.1 Å². The Morgan fingerprint density at radius 1 is 1.39 bits per heavy atom. The molecule has 0 N–H and O–H groups in total. The third-order valence-corrected chi connectivity index (χ3v) is 5.68. The van der Waals surface area contributed by atoms with Crippen molar-refractivity contribution < 1.29 is 27.1 Å². The molecule has 1 aliphatic heterocycles. The van der Waals surface area contributed by atoms with Crippen LogP contribution in [0.4, 0.5) is 4.39 Å². The number of methoxy groups -OCH3 is 1. The normalized spacial score (nSPS) is 22.0. The van der Waals surface area contributed by atoms with E-state index in [9.17, 15) is 17.6 Å². The van der Waals surface area contributed by atoms with Crippen LogP contribution in [0.2, 0.25) is 0 Å². The Morgan fingerprint density at radius 3 is 2.70 bits per heavy atom. The maximum absolute atomic E-state index is 13.7. The zero-order chi connectivity index (χ0) is 17.0. The topological polar surface area (TPSA) is 72.9 Å². The molecular formula is C15H20FNO5S. The highest BCUT2D eigenvalue weighted by atomic mass is 32.2. The lowest BCUT2D eigenvalue weighted by Crippen LogP contribution is -2.42. The van der Waals surface area contributed by atoms with Crippen molar-refractivity contribution in [3.8, 4) is 5.75 Å². The highest BCUT2D eigenvalue weighted by molar-refractivity contribution is 7.89. The first-order valence-electron chi connectivity index (χ1n) is 7.37. The number of halogens is 1. The zero-order valence-electron chi connectivity index (χ0n) is 13.1. The molecular weight excluding hydrogens is 325 g/mol. The molecule has 23 heavy (non-hydrogen) atoms. The van der Waals surface area contributed by atoms with Gasteiger partial charge in [0.1, 0.15) is 12.1 Å². The molecule has 0 bridgehead atoms. The Kier molecular flexibility index (Phi) is 5.59. The molecule has 2 unspecified atom stereocenters. The Hall–Kier alpha value is -1.67. The van der Waals surface area contributed by atoms with Crippen LogP contribution in [0.5, 0.6) is 5.75 Å². The van der Waals surface area contributed by atoms with E-state index < -0.39 is 34.0 Å². The highest BCUT2D eigenvalue weighted by Crippen LogP contribution is 2.28. The first-order valence-corrected chi connectivity index (χ1v) is 8.98. The standard InChI is InChI=1S/C15H20FNO5S/c1-3-8-23(19,20)17-10-11(9-13(17)15(18)21-2)22-14-7-5-4-6-12(14)16/h4-7,11,13H,3,8-10H2,1-2H3. The number of carbonyl (C=O) groups excluding carboxylic acids is 1. The fraction of sp³-hybridized carbons (Fsp3) is 0.533. The summed E-state index contributed by atoms with van der Waals surface area (Å²) < 4.78 is 49.6. The van der Waals surface area contributed by atoms with Crippen molar-refractivity contribution in [1.82, 2.24) is 4.31 Å². The molecule has 1 aliphatic rings. The van der Waals surface area contributed by atoms with Gasteiger partial charge in [-0.2, -0.15) is 4.31 Å². The number of ether oxygens (including phenoxy) is 2. The van der Waals surface area contributed by atoms with Crippen LogP contribution < -0.4 is 4.74 Å². The van der Waals surface area contributed by atoms with Gasteiger partial charge in [0, 0.05) is 6.42 Å². The summed E-state index contributed by atoms with van der Waals surface area (Å²) in [7, 11) is -2.38. The molecule has 2 atom stereocenters. The number of esters is 1. The number of para-hydroxylation sites is 1. The summed E-state index contributed by atoms with van der Waals surface area (Å²) in [6.07, 6.45) is -0.0437. The van der Waals surface area contributed by atoms with Crippen molar-refractivity contribution in [3.63, 3.8) is 0 Å². The van der Waals surface area contributed by atoms with Crippen LogP contribution in [0.25, 0.3) is 0 Å². The highest BCUT2D eigenvalue weighted by Gasteiger charge is 2.44. The minimum absolute atomic E-state index is 0.00354. The summed E-state index contributed by atoms with van der Waals surface area (Å²) in [5.41, 5.74) is 0. The van der Waals surface area contributed by atoms with E-state index >= 15 is 0 Å². The molecule has 1 aromatic rings. The van der Waals surface area contributed by atoms with E-state index in [1.807, 2.05) is 0 Å². The summed E-state index contributed by atoms with van der Waals surface area (Å²) in [6, 6.07) is 4.94. The van der Waals surface area contributed by atoms with Crippen molar-refractivity contribution in [2.75, 3.05) is 19.4 Å². The molecule has 0 spiro atoms. The first-order chi connectivity index (χ1) is 10.9. The number of hydrogen-bond acceptors (Lipinski definition) is 5. The van der Waals surface area contributed by atoms with Crippen LogP contribution in [-0.4, -0.2) is 50.2 Å². The van der Waals surface area contributed by atoms with Gasteiger partial charge in [0.25, 0.3) is 0 Å². The summed E-state index contributed by atoms with van der Waals surface area (Å²) in [6.45, 7) is 1.74. The second-order valence-corrected chi connectivity index (χ2v) is 7.37. The molecule has 0 amide bonds. The molecule has 128 valence electrons. The van der Waals surface area contributed by atoms with Crippen LogP contribution >= 0.6 is 0 Å². The third kappa shape index (κ3) is 4.00. The van der Waals surface area contributed by atoms with Gasteiger partial charge < -0.3 is 9.47 Å². The average Bonchev–Trinajstić information content (AvgIpc) is 2.94. The van der Waals surface area contributed by atoms with Crippen LogP contribution in [0, 0.1) is 5.82 Å². The molecule has 0 radical (unpaired) electrons. The van der Waals surface area contributed by atoms with E-state index in [-0.39, 0.29) is 24.5 Å². The number of hydrogen-bond donors (Lipinski definition) is 0. The van der Waals surface area contributed by atoms with Gasteiger partial charge in [-0.25, -0.2) is 12.8 Å². The van der Waals surface area contributed by atoms with Gasteiger partial charge in [0.15, 0.2) is 11.6 Å². The molecule has 6 nitrogen and oxygen atoms in total. The summed E-state index contributed by atoms with van der Waals surface area (Å²) in [5, 5.41) is 0. The van der Waals surface area contributed by atoms with Gasteiger partial charge in [0.2, 0.25) is 10.0 Å². The Morgan fingerprint density at radius 2 is 2.09 bits per heavy atom. The Balaban J connectivity index is 2.20. The van der Waals surface area contributed by atoms with E-state index in [1.54, 1.807) is 13.0 Å². The second kappa shape index (κ2) is 7.27. The van der Waals surface area contributed by atoms with Crippen molar-refractivity contribution in [2.24, 2.45) is 0 Å². The first kappa shape index (κ1) is 17.7. The molecule has 1 saturated heterocycles. The molecule has 1 heterocycles. The maximum Gasteiger partial charge on any atom is 0.324 e. The van der Waals surface area contributed by atoms with E-state index in [2.05, 4.69) is 4.74 Å². The maximum atomic E-state index is 13.7. The molecule has 8 heteroatoms. The molecule has 0 saturated carbocycles. The van der Waals surface area contributed by atoms with Gasteiger partial charge in [0.05, 0.1) is 19.4 Å². The lowest BCUT2D eigenvalue weighted by atomic mass is 10.2. The molecule has 1 fully saturated rings. The monoisotopic (exact) mass is 345 g/mol. The summed E-state index contributed by atoms with van der Waals surface area (Å²) >= 11 is 0. The van der Waals surface area contributed by atoms with E-state index in [1.165, 1.54) is 25.3 Å². The second-order valence-electron chi connectivity index (χ2n) is 5.33. The van der Waals surface area contributed by atoms with Crippen molar-refractivity contribution in [2.45, 2.75) is 31.9 Å². The third-order valence-electron chi connectivity index (χ3n) is 3.64. The van der Waals surface area contributed by atoms with E-state index in [0.29, 0.717) is 6.42 Å². The van der Waals surface area contributed by atoms with Gasteiger partial charge in [-0.15, -0.1) is 0 Å². The molecule has 2 rings (SSSR count). The van der Waals surface area contributed by atoms with Gasteiger partial charge in [-0.3, -0.25) is 4.79 Å². The van der Waals surface area contributed by atoms with Crippen LogP contribution in [0.1, 0.15) is 19.8 Å². The number of carbonyl (C=O) groups is 1. The number of benzene rings is 1. The van der Waals surface area contributed by atoms with E-state index in [0.717, 1.165) is 4.31 Å².